The van der Waals surface area contributed by atoms with Crippen molar-refractivity contribution in [2.75, 3.05) is 0 Å². The molecule has 0 N–H and O–H groups in total. The average molecular weight is 300 g/mol. The van der Waals surface area contributed by atoms with Gasteiger partial charge in [-0.05, 0) is 25.3 Å². The molecule has 116 valence electrons. The van der Waals surface area contributed by atoms with Gasteiger partial charge < -0.3 is 19.8 Å². The molecule has 0 aliphatic heterocycles. The van der Waals surface area contributed by atoms with E-state index < -0.39 is 11.9 Å². The highest BCUT2D eigenvalue weighted by molar-refractivity contribution is 5.67. The summed E-state index contributed by atoms with van der Waals surface area (Å²) in [6, 6.07) is 7.70. The smallest absolute Gasteiger partial charge is 0.0955 e. The number of hydrogen-bond donors (Lipinski definition) is 0. The van der Waals surface area contributed by atoms with Crippen LogP contribution in [0.5, 0.6) is 0 Å². The number of aryl methyl sites for hydroxylation is 3. The first-order valence-electron chi connectivity index (χ1n) is 6.99. The Bertz CT molecular complexity index is 674. The van der Waals surface area contributed by atoms with E-state index in [0.29, 0.717) is 5.69 Å². The number of carboxylic acid groups (broad SMARTS) is 2. The Labute approximate surface area is 128 Å². The van der Waals surface area contributed by atoms with Crippen LogP contribution in [-0.2, 0) is 22.6 Å². The molecule has 0 aliphatic carbocycles. The second kappa shape index (κ2) is 6.89. The molecule has 0 bridgehead atoms. The number of carboxylic acids is 2. The second-order valence-electron chi connectivity index (χ2n) is 5.13. The SMILES string of the molecule is Cc1ccc(-c2nn(CCC(=O)[O-])cc2CCC(=O)[O-])cc1. The summed E-state index contributed by atoms with van der Waals surface area (Å²) in [5, 5.41) is 25.6. The van der Waals surface area contributed by atoms with E-state index in [1.165, 1.54) is 4.68 Å². The summed E-state index contributed by atoms with van der Waals surface area (Å²) in [4.78, 5) is 21.2. The standard InChI is InChI=1S/C16H18N2O4/c1-11-2-4-12(5-3-11)16-13(6-7-14(19)20)10-18(17-16)9-8-15(21)22/h2-5,10H,6-9H2,1H3,(H,19,20)(H,21,22)/p-2. The van der Waals surface area contributed by atoms with Crippen molar-refractivity contribution in [1.29, 1.82) is 0 Å². The Balaban J connectivity index is 2.29. The van der Waals surface area contributed by atoms with Gasteiger partial charge in [0, 0.05) is 36.7 Å². The third-order valence-corrected chi connectivity index (χ3v) is 3.31. The van der Waals surface area contributed by atoms with Gasteiger partial charge in [0.2, 0.25) is 0 Å². The minimum atomic E-state index is -1.15. The molecule has 6 heteroatoms. The molecule has 1 aromatic heterocycles. The molecule has 0 saturated heterocycles. The fourth-order valence-electron chi connectivity index (χ4n) is 2.16. The minimum Gasteiger partial charge on any atom is -0.550 e. The van der Waals surface area contributed by atoms with Gasteiger partial charge in [-0.2, -0.15) is 5.10 Å². The monoisotopic (exact) mass is 300 g/mol. The summed E-state index contributed by atoms with van der Waals surface area (Å²) < 4.78 is 1.51. The second-order valence-corrected chi connectivity index (χ2v) is 5.13. The van der Waals surface area contributed by atoms with Crippen LogP contribution in [0.3, 0.4) is 0 Å². The fraction of sp³-hybridized carbons (Fsp3) is 0.312. The number of carbonyl (C=O) groups excluding carboxylic acids is 2. The largest absolute Gasteiger partial charge is 0.550 e. The predicted molar refractivity (Wildman–Crippen MR) is 75.4 cm³/mol. The summed E-state index contributed by atoms with van der Waals surface area (Å²) in [7, 11) is 0. The number of carbonyl (C=O) groups is 2. The molecule has 0 spiro atoms. The molecule has 2 rings (SSSR count). The van der Waals surface area contributed by atoms with E-state index in [1.54, 1.807) is 6.20 Å². The molecule has 0 saturated carbocycles. The summed E-state index contributed by atoms with van der Waals surface area (Å²) in [6.45, 7) is 2.16. The zero-order valence-electron chi connectivity index (χ0n) is 12.2. The molecule has 1 heterocycles. The molecule has 0 unspecified atom stereocenters. The van der Waals surface area contributed by atoms with Crippen LogP contribution in [0.4, 0.5) is 0 Å². The number of aliphatic carboxylic acids is 2. The van der Waals surface area contributed by atoms with Crippen molar-refractivity contribution >= 4 is 11.9 Å². The maximum Gasteiger partial charge on any atom is 0.0955 e. The van der Waals surface area contributed by atoms with Crippen LogP contribution >= 0.6 is 0 Å². The lowest BCUT2D eigenvalue weighted by atomic mass is 10.0. The Morgan fingerprint density at radius 2 is 1.73 bits per heavy atom. The number of rotatable bonds is 7. The topological polar surface area (TPSA) is 98.1 Å². The van der Waals surface area contributed by atoms with Crippen molar-refractivity contribution in [2.24, 2.45) is 0 Å². The molecule has 0 fully saturated rings. The number of aromatic nitrogens is 2. The van der Waals surface area contributed by atoms with Gasteiger partial charge in [-0.1, -0.05) is 29.8 Å². The summed E-state index contributed by atoms with van der Waals surface area (Å²) in [6.07, 6.45) is 1.72. The zero-order chi connectivity index (χ0) is 16.1. The van der Waals surface area contributed by atoms with Crippen molar-refractivity contribution in [2.45, 2.75) is 32.7 Å². The first-order valence-corrected chi connectivity index (χ1v) is 6.99. The molecule has 0 atom stereocenters. The van der Waals surface area contributed by atoms with E-state index in [1.807, 2.05) is 31.2 Å². The zero-order valence-corrected chi connectivity index (χ0v) is 12.2. The van der Waals surface area contributed by atoms with Gasteiger partial charge in [0.1, 0.15) is 0 Å². The normalized spacial score (nSPS) is 10.6. The van der Waals surface area contributed by atoms with Crippen LogP contribution in [0.1, 0.15) is 24.0 Å². The van der Waals surface area contributed by atoms with E-state index in [4.69, 9.17) is 0 Å². The first kappa shape index (κ1) is 15.8. The van der Waals surface area contributed by atoms with Crippen LogP contribution < -0.4 is 10.2 Å². The quantitative estimate of drug-likeness (QED) is 0.698. The fourth-order valence-corrected chi connectivity index (χ4v) is 2.16. The lowest BCUT2D eigenvalue weighted by molar-refractivity contribution is -0.307. The summed E-state index contributed by atoms with van der Waals surface area (Å²) in [5.41, 5.74) is 3.40. The number of benzene rings is 1. The van der Waals surface area contributed by atoms with Crippen LogP contribution in [0.2, 0.25) is 0 Å². The molecule has 22 heavy (non-hydrogen) atoms. The van der Waals surface area contributed by atoms with Crippen molar-refractivity contribution in [1.82, 2.24) is 9.78 Å². The Hall–Kier alpha value is -2.63. The van der Waals surface area contributed by atoms with Gasteiger partial charge in [-0.15, -0.1) is 0 Å². The Morgan fingerprint density at radius 1 is 1.09 bits per heavy atom. The van der Waals surface area contributed by atoms with Crippen molar-refractivity contribution in [3.63, 3.8) is 0 Å². The van der Waals surface area contributed by atoms with E-state index in [2.05, 4.69) is 5.10 Å². The van der Waals surface area contributed by atoms with Gasteiger partial charge in [0.05, 0.1) is 5.69 Å². The van der Waals surface area contributed by atoms with Crippen LogP contribution in [0.15, 0.2) is 30.5 Å². The molecule has 0 radical (unpaired) electrons. The van der Waals surface area contributed by atoms with Crippen LogP contribution in [0, 0.1) is 6.92 Å². The average Bonchev–Trinajstić information content (AvgIpc) is 2.87. The number of hydrogen-bond acceptors (Lipinski definition) is 5. The summed E-state index contributed by atoms with van der Waals surface area (Å²) >= 11 is 0. The molecule has 6 nitrogen and oxygen atoms in total. The maximum atomic E-state index is 10.7. The predicted octanol–water partition coefficient (Wildman–Crippen LogP) is -0.319. The van der Waals surface area contributed by atoms with E-state index in [9.17, 15) is 19.8 Å². The third-order valence-electron chi connectivity index (χ3n) is 3.31. The van der Waals surface area contributed by atoms with Gasteiger partial charge in [-0.25, -0.2) is 0 Å². The Morgan fingerprint density at radius 3 is 2.32 bits per heavy atom. The molecular formula is C16H16N2O4-2. The molecular weight excluding hydrogens is 284 g/mol. The highest BCUT2D eigenvalue weighted by Crippen LogP contribution is 2.23. The van der Waals surface area contributed by atoms with Crippen molar-refractivity contribution in [3.8, 4) is 11.3 Å². The van der Waals surface area contributed by atoms with Crippen molar-refractivity contribution in [3.05, 3.63) is 41.6 Å². The third kappa shape index (κ3) is 4.18. The van der Waals surface area contributed by atoms with Gasteiger partial charge in [0.25, 0.3) is 0 Å². The van der Waals surface area contributed by atoms with Crippen LogP contribution in [-0.4, -0.2) is 21.7 Å². The summed E-state index contributed by atoms with van der Waals surface area (Å²) in [5.74, 6) is -2.28. The van der Waals surface area contributed by atoms with E-state index in [0.717, 1.165) is 16.7 Å². The van der Waals surface area contributed by atoms with Gasteiger partial charge >= 0.3 is 0 Å². The van der Waals surface area contributed by atoms with Gasteiger partial charge in [0.15, 0.2) is 0 Å². The highest BCUT2D eigenvalue weighted by atomic mass is 16.4. The molecule has 0 aliphatic rings. The molecule has 0 amide bonds. The maximum absolute atomic E-state index is 10.7. The lowest BCUT2D eigenvalue weighted by Gasteiger charge is -2.04. The van der Waals surface area contributed by atoms with Crippen LogP contribution in [0.25, 0.3) is 11.3 Å². The molecule has 1 aromatic carbocycles. The first-order chi connectivity index (χ1) is 10.5. The van der Waals surface area contributed by atoms with Crippen molar-refractivity contribution < 1.29 is 19.8 Å². The van der Waals surface area contributed by atoms with Gasteiger partial charge in [-0.3, -0.25) is 4.68 Å². The van der Waals surface area contributed by atoms with E-state index >= 15 is 0 Å². The van der Waals surface area contributed by atoms with E-state index in [-0.39, 0.29) is 25.8 Å². The number of nitrogens with zero attached hydrogens (tertiary/aromatic N) is 2. The minimum absolute atomic E-state index is 0.106. The lowest BCUT2D eigenvalue weighted by Crippen LogP contribution is -2.23. The molecule has 2 aromatic rings. The highest BCUT2D eigenvalue weighted by Gasteiger charge is 2.11. The Kier molecular flexibility index (Phi) is 4.93.